The van der Waals surface area contributed by atoms with Crippen molar-refractivity contribution in [2.24, 2.45) is 15.7 Å². The first kappa shape index (κ1) is 57.0. The van der Waals surface area contributed by atoms with Gasteiger partial charge >= 0.3 is 7.60 Å². The standard InChI is InChI=1S/C39H74N4O18P2/c1-24(42-58-19-9-10-26-32(46)35(49)33(47)27(60-26)16-22-62(6,52)53)12-14-30(44)40-18-8-7-11-29(39(3,4)5)41-31(45)15-13-25(2)43-59-21-20-57-38-37(51)36(50)34(48)28(61-38)17-23-63(54,55)56/h26-29,32-38,46-51H,7-23H2,1-6H3,(H,40,44)(H,41,45)(H,52,53)(H2,54,55,56)/b42-24+,43-25-/t26-,27-,28-,29+,32-,33-,34-,35-,36+,37+,38+/m1/s1. The quantitative estimate of drug-likeness (QED) is 0.0220. The van der Waals surface area contributed by atoms with Crippen LogP contribution in [0.4, 0.5) is 0 Å². The van der Waals surface area contributed by atoms with Crippen LogP contribution in [0.25, 0.3) is 0 Å². The van der Waals surface area contributed by atoms with Crippen molar-refractivity contribution in [3.8, 4) is 0 Å². The molecule has 0 aliphatic carbocycles. The molecule has 2 aliphatic rings. The van der Waals surface area contributed by atoms with E-state index in [0.717, 1.165) is 6.42 Å². The molecule has 63 heavy (non-hydrogen) atoms. The minimum absolute atomic E-state index is 0.0607. The minimum atomic E-state index is -4.38. The van der Waals surface area contributed by atoms with Gasteiger partial charge in [0.1, 0.15) is 49.8 Å². The lowest BCUT2D eigenvalue weighted by molar-refractivity contribution is -0.298. The van der Waals surface area contributed by atoms with Crippen molar-refractivity contribution >= 4 is 38.2 Å². The van der Waals surface area contributed by atoms with E-state index in [-0.39, 0.29) is 74.9 Å². The van der Waals surface area contributed by atoms with Crippen LogP contribution in [0.15, 0.2) is 10.3 Å². The highest BCUT2D eigenvalue weighted by Gasteiger charge is 2.45. The summed E-state index contributed by atoms with van der Waals surface area (Å²) in [5.74, 6) is -0.293. The van der Waals surface area contributed by atoms with E-state index in [1.807, 2.05) is 20.8 Å². The second kappa shape index (κ2) is 27.5. The number of hydrogen-bond donors (Lipinski definition) is 11. The van der Waals surface area contributed by atoms with E-state index in [0.29, 0.717) is 56.5 Å². The van der Waals surface area contributed by atoms with Crippen molar-refractivity contribution in [3.63, 3.8) is 0 Å². The topological polar surface area (TPSA) is 345 Å². The van der Waals surface area contributed by atoms with Gasteiger partial charge < -0.3 is 79.8 Å². The van der Waals surface area contributed by atoms with E-state index in [4.69, 9.17) is 33.7 Å². The fourth-order valence-electron chi connectivity index (χ4n) is 6.78. The number of ether oxygens (including phenoxy) is 3. The summed E-state index contributed by atoms with van der Waals surface area (Å²) in [5.41, 5.74) is 0.931. The Morgan fingerprint density at radius 3 is 1.76 bits per heavy atom. The summed E-state index contributed by atoms with van der Waals surface area (Å²) in [6.07, 6.45) is -10.1. The smallest absolute Gasteiger partial charge is 0.325 e. The molecule has 1 unspecified atom stereocenters. The van der Waals surface area contributed by atoms with Crippen LogP contribution in [0.5, 0.6) is 0 Å². The number of oxime groups is 2. The molecule has 2 aliphatic heterocycles. The summed E-state index contributed by atoms with van der Waals surface area (Å²) >= 11 is 0. The fraction of sp³-hybridized carbons (Fsp3) is 0.897. The van der Waals surface area contributed by atoms with Crippen molar-refractivity contribution in [1.29, 1.82) is 0 Å². The molecule has 24 heteroatoms. The zero-order valence-electron chi connectivity index (χ0n) is 37.4. The van der Waals surface area contributed by atoms with Crippen molar-refractivity contribution in [1.82, 2.24) is 10.6 Å². The Bertz CT molecular complexity index is 1540. The predicted molar refractivity (Wildman–Crippen MR) is 230 cm³/mol. The number of nitrogens with one attached hydrogen (secondary N) is 2. The Kier molecular flexibility index (Phi) is 24.9. The van der Waals surface area contributed by atoms with E-state index >= 15 is 0 Å². The molecule has 2 rings (SSSR count). The van der Waals surface area contributed by atoms with E-state index < -0.39 is 82.4 Å². The van der Waals surface area contributed by atoms with E-state index in [1.165, 1.54) is 6.66 Å². The first-order valence-corrected chi connectivity index (χ1v) is 25.6. The third kappa shape index (κ3) is 22.7. The van der Waals surface area contributed by atoms with Gasteiger partial charge in [-0.25, -0.2) is 0 Å². The summed E-state index contributed by atoms with van der Waals surface area (Å²) in [4.78, 5) is 63.7. The number of nitrogens with zero attached hydrogens (tertiary/aromatic N) is 2. The Hall–Kier alpha value is -2.14. The van der Waals surface area contributed by atoms with Gasteiger partial charge in [0.25, 0.3) is 0 Å². The molecular weight excluding hydrogens is 874 g/mol. The van der Waals surface area contributed by atoms with Crippen LogP contribution in [0.3, 0.4) is 0 Å². The zero-order chi connectivity index (χ0) is 47.5. The van der Waals surface area contributed by atoms with Crippen molar-refractivity contribution in [2.75, 3.05) is 45.4 Å². The van der Waals surface area contributed by atoms with E-state index in [9.17, 15) is 54.3 Å². The van der Waals surface area contributed by atoms with Crippen LogP contribution in [-0.4, -0.2) is 181 Å². The molecule has 11 N–H and O–H groups in total. The summed E-state index contributed by atoms with van der Waals surface area (Å²) in [6.45, 7) is 11.2. The molecule has 12 atom stereocenters. The number of rotatable bonds is 28. The molecule has 368 valence electrons. The number of amides is 2. The monoisotopic (exact) mass is 948 g/mol. The first-order chi connectivity index (χ1) is 29.3. The molecule has 0 aromatic heterocycles. The maximum absolute atomic E-state index is 12.9. The van der Waals surface area contributed by atoms with Crippen molar-refractivity contribution < 1.29 is 87.9 Å². The third-order valence-corrected chi connectivity index (χ3v) is 12.6. The Morgan fingerprint density at radius 2 is 1.19 bits per heavy atom. The number of unbranched alkanes of at least 4 members (excludes halogenated alkanes) is 1. The summed E-state index contributed by atoms with van der Waals surface area (Å²) in [7, 11) is -7.71. The van der Waals surface area contributed by atoms with Gasteiger partial charge in [0.05, 0.1) is 42.5 Å². The Morgan fingerprint density at radius 1 is 0.667 bits per heavy atom. The molecule has 0 aromatic carbocycles. The number of hydrogen-bond acceptors (Lipinski definition) is 17. The lowest BCUT2D eigenvalue weighted by Gasteiger charge is -2.41. The van der Waals surface area contributed by atoms with Gasteiger partial charge in [-0.05, 0) is 77.0 Å². The summed E-state index contributed by atoms with van der Waals surface area (Å²) in [6, 6.07) is -0.121. The maximum Gasteiger partial charge on any atom is 0.325 e. The molecule has 0 aromatic rings. The normalized spacial score (nSPS) is 28.8. The van der Waals surface area contributed by atoms with E-state index in [2.05, 4.69) is 20.9 Å². The van der Waals surface area contributed by atoms with Gasteiger partial charge in [0, 0.05) is 38.3 Å². The SMILES string of the molecule is C/C(CCC(=O)N[C@@H](CCCCNC(=O)CC/C(C)=N/OCCC[C@H]1O[C@H](CCP(C)(=O)O)[C@@H](O)[C@H](O)[C@@H]1O)C(C)(C)C)=N/OCCO[C@H]1O[C@H](CCP(=O)(O)O)[C@@H](O)[C@H](O)[C@@H]1O. The molecule has 0 radical (unpaired) electrons. The maximum atomic E-state index is 12.9. The number of aliphatic hydroxyl groups is 6. The second-order valence-corrected chi connectivity index (χ2v) is 21.9. The molecule has 2 saturated heterocycles. The van der Waals surface area contributed by atoms with Crippen LogP contribution in [0.2, 0.25) is 0 Å². The Labute approximate surface area is 369 Å². The van der Waals surface area contributed by atoms with Crippen LogP contribution < -0.4 is 10.6 Å². The van der Waals surface area contributed by atoms with Gasteiger partial charge in [-0.2, -0.15) is 0 Å². The Balaban J connectivity index is 1.62. The fourth-order valence-corrected chi connectivity index (χ4v) is 8.10. The lowest BCUT2D eigenvalue weighted by atomic mass is 9.83. The van der Waals surface area contributed by atoms with Gasteiger partial charge in [-0.15, -0.1) is 0 Å². The molecule has 0 spiro atoms. The molecule has 0 bridgehead atoms. The molecule has 2 heterocycles. The predicted octanol–water partition coefficient (Wildman–Crippen LogP) is 0.462. The highest BCUT2D eigenvalue weighted by atomic mass is 31.2. The van der Waals surface area contributed by atoms with Gasteiger partial charge in [0.15, 0.2) is 13.7 Å². The van der Waals surface area contributed by atoms with Crippen LogP contribution >= 0.6 is 15.0 Å². The van der Waals surface area contributed by atoms with Gasteiger partial charge in [0.2, 0.25) is 11.8 Å². The minimum Gasteiger partial charge on any atom is -0.396 e. The third-order valence-electron chi connectivity index (χ3n) is 10.7. The van der Waals surface area contributed by atoms with Crippen molar-refractivity contribution in [2.45, 2.75) is 173 Å². The summed E-state index contributed by atoms with van der Waals surface area (Å²) in [5, 5.41) is 75.2. The van der Waals surface area contributed by atoms with E-state index in [1.54, 1.807) is 13.8 Å². The second-order valence-electron chi connectivity index (χ2n) is 17.6. The molecule has 2 amide bonds. The number of aliphatic hydroxyl groups excluding tert-OH is 6. The largest absolute Gasteiger partial charge is 0.396 e. The van der Waals surface area contributed by atoms with Crippen LogP contribution in [0, 0.1) is 5.41 Å². The van der Waals surface area contributed by atoms with Crippen molar-refractivity contribution in [3.05, 3.63) is 0 Å². The molecule has 2 fully saturated rings. The number of carbonyl (C=O) groups is 2. The number of carbonyl (C=O) groups excluding carboxylic acids is 2. The molecule has 0 saturated carbocycles. The highest BCUT2D eigenvalue weighted by molar-refractivity contribution is 7.57. The van der Waals surface area contributed by atoms with Gasteiger partial charge in [-0.3, -0.25) is 18.7 Å². The lowest BCUT2D eigenvalue weighted by Crippen LogP contribution is -2.58. The zero-order valence-corrected chi connectivity index (χ0v) is 39.1. The van der Waals surface area contributed by atoms with Crippen LogP contribution in [-0.2, 0) is 42.6 Å². The average Bonchev–Trinajstić information content (AvgIpc) is 3.19. The highest BCUT2D eigenvalue weighted by Crippen LogP contribution is 2.39. The van der Waals surface area contributed by atoms with Crippen LogP contribution in [0.1, 0.15) is 105 Å². The average molecular weight is 949 g/mol. The molecular formula is C39H74N4O18P2. The first-order valence-electron chi connectivity index (χ1n) is 21.5. The summed E-state index contributed by atoms with van der Waals surface area (Å²) < 4.78 is 39.4. The van der Waals surface area contributed by atoms with Gasteiger partial charge in [-0.1, -0.05) is 31.1 Å². The molecule has 22 nitrogen and oxygen atoms in total.